The molecule has 98 valence electrons. The van der Waals surface area contributed by atoms with E-state index in [0.717, 1.165) is 0 Å². The van der Waals surface area contributed by atoms with E-state index in [9.17, 15) is 18.6 Å². The van der Waals surface area contributed by atoms with Crippen molar-refractivity contribution in [3.05, 3.63) is 0 Å². The van der Waals surface area contributed by atoms with E-state index in [1.54, 1.807) is 13.8 Å². The molecule has 3 unspecified atom stereocenters. The van der Waals surface area contributed by atoms with E-state index in [0.29, 0.717) is 12.8 Å². The summed E-state index contributed by atoms with van der Waals surface area (Å²) in [4.78, 5) is 0. The SMILES string of the molecule is CC(O)CC(CC(C)O)C(C)OS(=O)(=O)O. The Morgan fingerprint density at radius 1 is 1.06 bits per heavy atom. The predicted molar refractivity (Wildman–Crippen MR) is 58.2 cm³/mol. The molecular weight excluding hydrogens is 236 g/mol. The van der Waals surface area contributed by atoms with Crippen molar-refractivity contribution in [2.24, 2.45) is 5.92 Å². The number of rotatable bonds is 7. The monoisotopic (exact) mass is 256 g/mol. The third kappa shape index (κ3) is 8.00. The molecule has 0 aliphatic heterocycles. The summed E-state index contributed by atoms with van der Waals surface area (Å²) in [6.07, 6.45) is -1.46. The van der Waals surface area contributed by atoms with Crippen molar-refractivity contribution >= 4 is 10.4 Å². The van der Waals surface area contributed by atoms with Gasteiger partial charge in [0.1, 0.15) is 0 Å². The normalized spacial score (nSPS) is 20.1. The lowest BCUT2D eigenvalue weighted by Gasteiger charge is -2.24. The first-order valence-corrected chi connectivity index (χ1v) is 6.50. The molecule has 3 N–H and O–H groups in total. The molecule has 0 aliphatic rings. The molecule has 0 fully saturated rings. The van der Waals surface area contributed by atoms with Gasteiger partial charge in [-0.15, -0.1) is 0 Å². The van der Waals surface area contributed by atoms with Crippen LogP contribution in [0.1, 0.15) is 33.6 Å². The van der Waals surface area contributed by atoms with Crippen molar-refractivity contribution in [3.8, 4) is 0 Å². The highest BCUT2D eigenvalue weighted by Gasteiger charge is 2.25. The van der Waals surface area contributed by atoms with Crippen LogP contribution in [0.15, 0.2) is 0 Å². The molecular formula is C9H20O6S. The molecule has 0 aromatic carbocycles. The Hall–Kier alpha value is -0.210. The summed E-state index contributed by atoms with van der Waals surface area (Å²) in [6.45, 7) is 4.60. The van der Waals surface area contributed by atoms with Gasteiger partial charge in [-0.2, -0.15) is 8.42 Å². The first-order valence-electron chi connectivity index (χ1n) is 5.13. The van der Waals surface area contributed by atoms with Gasteiger partial charge in [0.05, 0.1) is 18.3 Å². The summed E-state index contributed by atoms with van der Waals surface area (Å²) in [7, 11) is -4.50. The molecule has 16 heavy (non-hydrogen) atoms. The maximum absolute atomic E-state index is 10.5. The Labute approximate surface area is 96.2 Å². The summed E-state index contributed by atoms with van der Waals surface area (Å²) >= 11 is 0. The Morgan fingerprint density at radius 3 is 1.69 bits per heavy atom. The minimum absolute atomic E-state index is 0.293. The van der Waals surface area contributed by atoms with Gasteiger partial charge in [0, 0.05) is 0 Å². The third-order valence-corrected chi connectivity index (χ3v) is 2.77. The van der Waals surface area contributed by atoms with E-state index in [-0.39, 0.29) is 5.92 Å². The predicted octanol–water partition coefficient (Wildman–Crippen LogP) is 0.352. The van der Waals surface area contributed by atoms with Crippen LogP contribution in [-0.2, 0) is 14.6 Å². The van der Waals surface area contributed by atoms with Gasteiger partial charge in [0.15, 0.2) is 0 Å². The maximum Gasteiger partial charge on any atom is 0.397 e. The van der Waals surface area contributed by atoms with Gasteiger partial charge in [0.25, 0.3) is 0 Å². The summed E-state index contributed by atoms with van der Waals surface area (Å²) in [5.41, 5.74) is 0. The number of hydrogen-bond donors (Lipinski definition) is 3. The molecule has 7 heteroatoms. The van der Waals surface area contributed by atoms with Crippen LogP contribution in [0.3, 0.4) is 0 Å². The fourth-order valence-electron chi connectivity index (χ4n) is 1.63. The molecule has 0 bridgehead atoms. The van der Waals surface area contributed by atoms with Gasteiger partial charge in [-0.05, 0) is 39.5 Å². The Bertz CT molecular complexity index is 274. The summed E-state index contributed by atoms with van der Waals surface area (Å²) in [5.74, 6) is -0.345. The highest BCUT2D eigenvalue weighted by molar-refractivity contribution is 7.80. The maximum atomic E-state index is 10.5. The molecule has 0 saturated carbocycles. The molecule has 0 radical (unpaired) electrons. The molecule has 0 rings (SSSR count). The average Bonchev–Trinajstić information content (AvgIpc) is 1.97. The van der Waals surface area contributed by atoms with Gasteiger partial charge < -0.3 is 10.2 Å². The van der Waals surface area contributed by atoms with E-state index in [1.807, 2.05) is 0 Å². The van der Waals surface area contributed by atoms with E-state index >= 15 is 0 Å². The zero-order valence-electron chi connectivity index (χ0n) is 9.70. The van der Waals surface area contributed by atoms with Crippen molar-refractivity contribution < 1.29 is 27.4 Å². The molecule has 0 aromatic rings. The van der Waals surface area contributed by atoms with Gasteiger partial charge in [-0.25, -0.2) is 4.18 Å². The minimum atomic E-state index is -4.50. The van der Waals surface area contributed by atoms with Crippen molar-refractivity contribution in [3.63, 3.8) is 0 Å². The fraction of sp³-hybridized carbons (Fsp3) is 1.00. The second kappa shape index (κ2) is 6.51. The van der Waals surface area contributed by atoms with Gasteiger partial charge in [-0.3, -0.25) is 4.55 Å². The molecule has 0 spiro atoms. The molecule has 0 aliphatic carbocycles. The molecule has 3 atom stereocenters. The van der Waals surface area contributed by atoms with Crippen LogP contribution in [0, 0.1) is 5.92 Å². The molecule has 0 aromatic heterocycles. The highest BCUT2D eigenvalue weighted by atomic mass is 32.3. The molecule has 6 nitrogen and oxygen atoms in total. The van der Waals surface area contributed by atoms with Crippen LogP contribution >= 0.6 is 0 Å². The van der Waals surface area contributed by atoms with E-state index in [4.69, 9.17) is 4.55 Å². The number of hydrogen-bond acceptors (Lipinski definition) is 5. The highest BCUT2D eigenvalue weighted by Crippen LogP contribution is 2.21. The van der Waals surface area contributed by atoms with E-state index < -0.39 is 28.7 Å². The Morgan fingerprint density at radius 2 is 1.44 bits per heavy atom. The van der Waals surface area contributed by atoms with Crippen LogP contribution in [0.4, 0.5) is 0 Å². The van der Waals surface area contributed by atoms with Crippen molar-refractivity contribution in [2.75, 3.05) is 0 Å². The second-order valence-corrected chi connectivity index (χ2v) is 5.21. The van der Waals surface area contributed by atoms with Crippen LogP contribution in [-0.4, -0.2) is 41.5 Å². The van der Waals surface area contributed by atoms with Gasteiger partial charge in [-0.1, -0.05) is 0 Å². The lowest BCUT2D eigenvalue weighted by molar-refractivity contribution is 0.0559. The standard InChI is InChI=1S/C9H20O6S/c1-6(10)4-9(5-7(2)11)8(3)15-16(12,13)14/h6-11H,4-5H2,1-3H3,(H,12,13,14). The summed E-state index contributed by atoms with van der Waals surface area (Å²) in [5, 5.41) is 18.5. The summed E-state index contributed by atoms with van der Waals surface area (Å²) < 4.78 is 34.0. The quantitative estimate of drug-likeness (QED) is 0.568. The lowest BCUT2D eigenvalue weighted by Crippen LogP contribution is -2.29. The minimum Gasteiger partial charge on any atom is -0.393 e. The Kier molecular flexibility index (Phi) is 6.42. The largest absolute Gasteiger partial charge is 0.397 e. The van der Waals surface area contributed by atoms with Crippen molar-refractivity contribution in [2.45, 2.75) is 51.9 Å². The van der Waals surface area contributed by atoms with E-state index in [1.165, 1.54) is 6.92 Å². The first kappa shape index (κ1) is 15.8. The zero-order valence-corrected chi connectivity index (χ0v) is 10.5. The Balaban J connectivity index is 4.49. The summed E-state index contributed by atoms with van der Waals surface area (Å²) in [6, 6.07) is 0. The van der Waals surface area contributed by atoms with Crippen LogP contribution < -0.4 is 0 Å². The lowest BCUT2D eigenvalue weighted by atomic mass is 9.91. The van der Waals surface area contributed by atoms with Gasteiger partial charge in [0.2, 0.25) is 0 Å². The van der Waals surface area contributed by atoms with Gasteiger partial charge >= 0.3 is 10.4 Å². The molecule has 0 amide bonds. The van der Waals surface area contributed by atoms with Crippen molar-refractivity contribution in [1.82, 2.24) is 0 Å². The van der Waals surface area contributed by atoms with E-state index in [2.05, 4.69) is 4.18 Å². The average molecular weight is 256 g/mol. The number of aliphatic hydroxyl groups is 2. The first-order chi connectivity index (χ1) is 7.11. The third-order valence-electron chi connectivity index (χ3n) is 2.22. The zero-order chi connectivity index (χ0) is 12.9. The van der Waals surface area contributed by atoms with Crippen LogP contribution in [0.25, 0.3) is 0 Å². The molecule has 0 heterocycles. The van der Waals surface area contributed by atoms with Crippen molar-refractivity contribution in [1.29, 1.82) is 0 Å². The van der Waals surface area contributed by atoms with Crippen LogP contribution in [0.2, 0.25) is 0 Å². The fourth-order valence-corrected chi connectivity index (χ4v) is 2.17. The smallest absolute Gasteiger partial charge is 0.393 e. The molecule has 0 saturated heterocycles. The second-order valence-electron chi connectivity index (χ2n) is 4.16. The van der Waals surface area contributed by atoms with Crippen LogP contribution in [0.5, 0.6) is 0 Å². The topological polar surface area (TPSA) is 104 Å². The number of aliphatic hydroxyl groups excluding tert-OH is 2.